The van der Waals surface area contributed by atoms with Crippen LogP contribution in [-0.2, 0) is 14.3 Å². The Bertz CT molecular complexity index is 1270. The Morgan fingerprint density at radius 3 is 2.39 bits per heavy atom. The summed E-state index contributed by atoms with van der Waals surface area (Å²) < 4.78 is 5.68. The molecule has 0 bridgehead atoms. The van der Waals surface area contributed by atoms with Gasteiger partial charge < -0.3 is 15.0 Å². The summed E-state index contributed by atoms with van der Waals surface area (Å²) in [7, 11) is 0. The van der Waals surface area contributed by atoms with Crippen LogP contribution in [0.3, 0.4) is 0 Å². The van der Waals surface area contributed by atoms with Crippen LogP contribution < -0.4 is 10.2 Å². The van der Waals surface area contributed by atoms with Gasteiger partial charge in [0.2, 0.25) is 5.91 Å². The normalized spacial score (nSPS) is 17.6. The number of fused-ring (bicyclic) bond motifs is 2. The molecule has 8 heteroatoms. The number of benzene rings is 2. The van der Waals surface area contributed by atoms with E-state index in [-0.39, 0.29) is 24.4 Å². The maximum Gasteiger partial charge on any atom is 0.303 e. The molecule has 1 atom stereocenters. The van der Waals surface area contributed by atoms with Crippen LogP contribution >= 0.6 is 0 Å². The number of aromatic nitrogens is 1. The number of hydrogen-bond acceptors (Lipinski definition) is 6. The topological polar surface area (TPSA) is 91.8 Å². The van der Waals surface area contributed by atoms with Gasteiger partial charge in [0.05, 0.1) is 5.69 Å². The molecule has 2 aliphatic heterocycles. The van der Waals surface area contributed by atoms with Crippen molar-refractivity contribution in [1.82, 2.24) is 9.88 Å². The predicted octanol–water partition coefficient (Wildman–Crippen LogP) is 3.80. The predicted molar refractivity (Wildman–Crippen MR) is 136 cm³/mol. The van der Waals surface area contributed by atoms with Gasteiger partial charge in [-0.15, -0.1) is 0 Å². The maximum atomic E-state index is 13.7. The third-order valence-electron chi connectivity index (χ3n) is 6.67. The quantitative estimate of drug-likeness (QED) is 0.554. The first kappa shape index (κ1) is 23.5. The summed E-state index contributed by atoms with van der Waals surface area (Å²) >= 11 is 0. The highest BCUT2D eigenvalue weighted by molar-refractivity contribution is 6.11. The van der Waals surface area contributed by atoms with E-state index in [9.17, 15) is 14.4 Å². The number of ether oxygens (including phenoxy) is 1. The van der Waals surface area contributed by atoms with E-state index >= 15 is 0 Å². The number of nitrogens with one attached hydrogen (secondary N) is 1. The van der Waals surface area contributed by atoms with E-state index in [4.69, 9.17) is 4.74 Å². The smallest absolute Gasteiger partial charge is 0.303 e. The van der Waals surface area contributed by atoms with Crippen molar-refractivity contribution in [2.75, 3.05) is 29.9 Å². The van der Waals surface area contributed by atoms with Crippen molar-refractivity contribution in [3.63, 3.8) is 0 Å². The summed E-state index contributed by atoms with van der Waals surface area (Å²) in [5, 5.41) is 3.43. The van der Waals surface area contributed by atoms with E-state index in [1.54, 1.807) is 30.5 Å². The highest BCUT2D eigenvalue weighted by Crippen LogP contribution is 2.39. The van der Waals surface area contributed by atoms with Crippen LogP contribution in [0.25, 0.3) is 0 Å². The van der Waals surface area contributed by atoms with Crippen LogP contribution in [0.15, 0.2) is 72.9 Å². The summed E-state index contributed by atoms with van der Waals surface area (Å²) in [5.74, 6) is -0.00979. The summed E-state index contributed by atoms with van der Waals surface area (Å²) in [6, 6.07) is 20.4. The first-order valence-electron chi connectivity index (χ1n) is 12.1. The number of hydrogen-bond donors (Lipinski definition) is 1. The lowest BCUT2D eigenvalue weighted by molar-refractivity contribution is -0.144. The lowest BCUT2D eigenvalue weighted by Crippen LogP contribution is -2.47. The Kier molecular flexibility index (Phi) is 6.66. The van der Waals surface area contributed by atoms with Gasteiger partial charge in [0.25, 0.3) is 5.91 Å². The van der Waals surface area contributed by atoms with Crippen LogP contribution in [0, 0.1) is 0 Å². The van der Waals surface area contributed by atoms with Crippen LogP contribution in [0.2, 0.25) is 0 Å². The number of piperidine rings is 1. The van der Waals surface area contributed by atoms with Gasteiger partial charge in [-0.3, -0.25) is 19.3 Å². The van der Waals surface area contributed by atoms with Crippen molar-refractivity contribution in [2.45, 2.75) is 31.9 Å². The van der Waals surface area contributed by atoms with Gasteiger partial charge in [0, 0.05) is 48.9 Å². The highest BCUT2D eigenvalue weighted by atomic mass is 16.5. The van der Waals surface area contributed by atoms with E-state index < -0.39 is 12.1 Å². The number of para-hydroxylation sites is 1. The van der Waals surface area contributed by atoms with Crippen molar-refractivity contribution in [3.05, 3.63) is 89.6 Å². The molecule has 8 nitrogen and oxygen atoms in total. The van der Waals surface area contributed by atoms with Crippen molar-refractivity contribution in [3.8, 4) is 0 Å². The fourth-order valence-electron chi connectivity index (χ4n) is 4.91. The lowest BCUT2D eigenvalue weighted by Gasteiger charge is -2.34. The fourth-order valence-corrected chi connectivity index (χ4v) is 4.91. The third kappa shape index (κ3) is 4.79. The standard InChI is InChI=1S/C28H28N4O4/c1-19(33)36-27-21-8-2-3-9-22(21)28(35)32(24-11-5-4-10-23(24)27)18-26(34)31-16-13-20(14-17-31)30-25-12-6-7-15-29-25/h2-12,15,20,27H,13-14,16-18H2,1H3,(H,29,30). The molecular formula is C28H28N4O4. The van der Waals surface area contributed by atoms with Crippen molar-refractivity contribution in [1.29, 1.82) is 0 Å². The monoisotopic (exact) mass is 484 g/mol. The number of pyridine rings is 1. The molecule has 184 valence electrons. The molecule has 1 saturated heterocycles. The SMILES string of the molecule is CC(=O)OC1c2ccccc2C(=O)N(CC(=O)N2CCC(Nc3ccccn3)CC2)c2ccccc21. The number of carbonyl (C=O) groups excluding carboxylic acids is 3. The van der Waals surface area contributed by atoms with E-state index in [0.29, 0.717) is 35.5 Å². The second kappa shape index (κ2) is 10.2. The largest absolute Gasteiger partial charge is 0.453 e. The van der Waals surface area contributed by atoms with Gasteiger partial charge in [-0.05, 0) is 37.1 Å². The Hall–Kier alpha value is -4.20. The molecule has 2 aliphatic rings. The summed E-state index contributed by atoms with van der Waals surface area (Å²) in [6.07, 6.45) is 2.61. The molecule has 3 aromatic rings. The molecule has 36 heavy (non-hydrogen) atoms. The minimum Gasteiger partial charge on any atom is -0.453 e. The van der Waals surface area contributed by atoms with Gasteiger partial charge in [-0.1, -0.05) is 42.5 Å². The Morgan fingerprint density at radius 1 is 0.972 bits per heavy atom. The molecular weight excluding hydrogens is 456 g/mol. The highest BCUT2D eigenvalue weighted by Gasteiger charge is 2.35. The first-order valence-corrected chi connectivity index (χ1v) is 12.1. The number of likely N-dealkylation sites (tertiary alicyclic amines) is 1. The van der Waals surface area contributed by atoms with E-state index in [0.717, 1.165) is 18.7 Å². The molecule has 5 rings (SSSR count). The van der Waals surface area contributed by atoms with Gasteiger partial charge in [-0.25, -0.2) is 4.98 Å². The van der Waals surface area contributed by atoms with Gasteiger partial charge in [-0.2, -0.15) is 0 Å². The fraction of sp³-hybridized carbons (Fsp3) is 0.286. The van der Waals surface area contributed by atoms with E-state index in [1.165, 1.54) is 11.8 Å². The molecule has 1 aromatic heterocycles. The molecule has 2 aromatic carbocycles. The molecule has 2 amide bonds. The zero-order valence-electron chi connectivity index (χ0n) is 20.1. The van der Waals surface area contributed by atoms with Crippen LogP contribution in [-0.4, -0.2) is 53.3 Å². The lowest BCUT2D eigenvalue weighted by atomic mass is 9.97. The molecule has 0 saturated carbocycles. The molecule has 0 spiro atoms. The number of esters is 1. The summed E-state index contributed by atoms with van der Waals surface area (Å²) in [5.41, 5.74) is 2.29. The van der Waals surface area contributed by atoms with Crippen molar-refractivity contribution >= 4 is 29.3 Å². The average molecular weight is 485 g/mol. The van der Waals surface area contributed by atoms with Crippen LogP contribution in [0.4, 0.5) is 11.5 Å². The number of anilines is 2. The Morgan fingerprint density at radius 2 is 1.67 bits per heavy atom. The molecule has 1 fully saturated rings. The maximum absolute atomic E-state index is 13.7. The molecule has 0 aliphatic carbocycles. The molecule has 1 unspecified atom stereocenters. The average Bonchev–Trinajstić information content (AvgIpc) is 2.99. The number of rotatable bonds is 5. The second-order valence-electron chi connectivity index (χ2n) is 9.04. The summed E-state index contributed by atoms with van der Waals surface area (Å²) in [4.78, 5) is 46.7. The first-order chi connectivity index (χ1) is 17.5. The minimum absolute atomic E-state index is 0.0880. The Balaban J connectivity index is 1.36. The van der Waals surface area contributed by atoms with Crippen molar-refractivity contribution in [2.24, 2.45) is 0 Å². The van der Waals surface area contributed by atoms with Gasteiger partial charge >= 0.3 is 5.97 Å². The molecule has 0 radical (unpaired) electrons. The zero-order chi connectivity index (χ0) is 25.1. The van der Waals surface area contributed by atoms with E-state index in [1.807, 2.05) is 47.4 Å². The van der Waals surface area contributed by atoms with Crippen LogP contribution in [0.5, 0.6) is 0 Å². The van der Waals surface area contributed by atoms with E-state index in [2.05, 4.69) is 10.3 Å². The zero-order valence-corrected chi connectivity index (χ0v) is 20.1. The number of nitrogens with zero attached hydrogens (tertiary/aromatic N) is 3. The van der Waals surface area contributed by atoms with Gasteiger partial charge in [0.1, 0.15) is 12.4 Å². The molecule has 1 N–H and O–H groups in total. The number of amides is 2. The number of carbonyl (C=O) groups is 3. The minimum atomic E-state index is -0.729. The second-order valence-corrected chi connectivity index (χ2v) is 9.04. The summed E-state index contributed by atoms with van der Waals surface area (Å²) in [6.45, 7) is 2.46. The van der Waals surface area contributed by atoms with Crippen LogP contribution in [0.1, 0.15) is 47.4 Å². The third-order valence-corrected chi connectivity index (χ3v) is 6.67. The Labute approximate surface area is 209 Å². The molecule has 3 heterocycles. The van der Waals surface area contributed by atoms with Crippen molar-refractivity contribution < 1.29 is 19.1 Å². The van der Waals surface area contributed by atoms with Gasteiger partial charge in [0.15, 0.2) is 6.10 Å².